The number of rotatable bonds is 8. The first-order valence-corrected chi connectivity index (χ1v) is 9.88. The van der Waals surface area contributed by atoms with E-state index in [1.165, 1.54) is 24.5 Å². The number of benzene rings is 1. The molecule has 26 heavy (non-hydrogen) atoms. The first-order chi connectivity index (χ1) is 11.8. The molecule has 1 heterocycles. The Balaban J connectivity index is 0.00000338. The van der Waals surface area contributed by atoms with E-state index in [1.807, 2.05) is 13.8 Å². The Hall–Kier alpha value is -1.83. The molecule has 0 spiro atoms. The molecule has 2 rings (SSSR count). The zero-order chi connectivity index (χ0) is 18.5. The molecule has 1 aromatic heterocycles. The molecule has 8 heteroatoms. The molecule has 1 amide bonds. The lowest BCUT2D eigenvalue weighted by Crippen LogP contribution is -2.49. The van der Waals surface area contributed by atoms with Gasteiger partial charge >= 0.3 is 0 Å². The summed E-state index contributed by atoms with van der Waals surface area (Å²) in [6.07, 6.45) is 2.76. The summed E-state index contributed by atoms with van der Waals surface area (Å²) >= 11 is 0. The van der Waals surface area contributed by atoms with E-state index in [9.17, 15) is 13.2 Å². The topological polar surface area (TPSA) is 102 Å². The second kappa shape index (κ2) is 9.21. The normalized spacial score (nSPS) is 11.7. The van der Waals surface area contributed by atoms with Crippen molar-refractivity contribution in [2.45, 2.75) is 42.9 Å². The van der Waals surface area contributed by atoms with Gasteiger partial charge in [-0.15, -0.1) is 12.4 Å². The molecule has 0 fully saturated rings. The molecular weight excluding hydrogens is 376 g/mol. The van der Waals surface area contributed by atoms with Crippen molar-refractivity contribution >= 4 is 28.2 Å². The number of nitrogens with one attached hydrogen (secondary N) is 1. The van der Waals surface area contributed by atoms with Crippen LogP contribution in [0.15, 0.2) is 52.0 Å². The minimum absolute atomic E-state index is 0. The van der Waals surface area contributed by atoms with Crippen LogP contribution < -0.4 is 11.1 Å². The number of carbonyl (C=O) groups excluding carboxylic acids is 1. The van der Waals surface area contributed by atoms with E-state index in [1.54, 1.807) is 18.2 Å². The molecule has 0 bridgehead atoms. The molecule has 0 aliphatic rings. The molecule has 2 aromatic rings. The van der Waals surface area contributed by atoms with Crippen molar-refractivity contribution in [2.24, 2.45) is 5.73 Å². The maximum Gasteiger partial charge on any atom is 0.287 e. The summed E-state index contributed by atoms with van der Waals surface area (Å²) < 4.78 is 30.2. The minimum Gasteiger partial charge on any atom is -0.459 e. The zero-order valence-corrected chi connectivity index (χ0v) is 16.5. The summed E-state index contributed by atoms with van der Waals surface area (Å²) in [6.45, 7) is 4.21. The van der Waals surface area contributed by atoms with Crippen LogP contribution in [0.1, 0.15) is 42.8 Å². The molecule has 6 nitrogen and oxygen atoms in total. The van der Waals surface area contributed by atoms with Crippen LogP contribution >= 0.6 is 12.4 Å². The highest BCUT2D eigenvalue weighted by Gasteiger charge is 2.25. The molecule has 0 aliphatic carbocycles. The predicted octanol–water partition coefficient (Wildman–Crippen LogP) is 2.92. The van der Waals surface area contributed by atoms with Gasteiger partial charge in [0.15, 0.2) is 15.6 Å². The van der Waals surface area contributed by atoms with Gasteiger partial charge in [0.25, 0.3) is 5.91 Å². The average molecular weight is 401 g/mol. The van der Waals surface area contributed by atoms with Crippen LogP contribution in [-0.4, -0.2) is 26.4 Å². The van der Waals surface area contributed by atoms with Crippen molar-refractivity contribution in [3.63, 3.8) is 0 Å². The van der Waals surface area contributed by atoms with E-state index in [2.05, 4.69) is 5.32 Å². The molecule has 0 saturated carbocycles. The largest absolute Gasteiger partial charge is 0.459 e. The fourth-order valence-corrected chi connectivity index (χ4v) is 3.78. The summed E-state index contributed by atoms with van der Waals surface area (Å²) in [7, 11) is -3.56. The highest BCUT2D eigenvalue weighted by molar-refractivity contribution is 7.90. The molecule has 1 aromatic carbocycles. The average Bonchev–Trinajstić information content (AvgIpc) is 3.07. The Labute approximate surface area is 160 Å². The van der Waals surface area contributed by atoms with Crippen molar-refractivity contribution in [3.05, 3.63) is 54.0 Å². The van der Waals surface area contributed by atoms with Gasteiger partial charge in [0, 0.05) is 17.6 Å². The summed E-state index contributed by atoms with van der Waals surface area (Å²) in [5.74, 6) is -0.750. The van der Waals surface area contributed by atoms with Crippen LogP contribution in [0.5, 0.6) is 0 Å². The number of halogens is 1. The Morgan fingerprint density at radius 3 is 2.35 bits per heavy atom. The Morgan fingerprint density at radius 2 is 1.77 bits per heavy atom. The van der Waals surface area contributed by atoms with Gasteiger partial charge in [0.2, 0.25) is 0 Å². The minimum atomic E-state index is -3.56. The Bertz CT molecular complexity index is 815. The van der Waals surface area contributed by atoms with E-state index in [-0.39, 0.29) is 28.8 Å². The quantitative estimate of drug-likeness (QED) is 0.709. The molecule has 0 unspecified atom stereocenters. The zero-order valence-electron chi connectivity index (χ0n) is 14.9. The number of amides is 1. The Morgan fingerprint density at radius 1 is 1.15 bits per heavy atom. The monoisotopic (exact) mass is 400 g/mol. The highest BCUT2D eigenvalue weighted by atomic mass is 35.5. The van der Waals surface area contributed by atoms with Crippen LogP contribution in [0.4, 0.5) is 0 Å². The van der Waals surface area contributed by atoms with Gasteiger partial charge in [0.05, 0.1) is 16.9 Å². The van der Waals surface area contributed by atoms with Crippen molar-refractivity contribution in [2.75, 3.05) is 6.54 Å². The van der Waals surface area contributed by atoms with Crippen LogP contribution in [0.3, 0.4) is 0 Å². The van der Waals surface area contributed by atoms with Crippen molar-refractivity contribution in [1.82, 2.24) is 5.32 Å². The molecular formula is C18H25ClN2O4S. The second-order valence-electron chi connectivity index (χ2n) is 6.10. The van der Waals surface area contributed by atoms with Crippen LogP contribution in [0.25, 0.3) is 0 Å². The van der Waals surface area contributed by atoms with Crippen LogP contribution in [0.2, 0.25) is 0 Å². The SMILES string of the molecule is CCC(N)(CC)CNC(=O)c1occc1CS(=O)(=O)c1ccccc1.Cl. The smallest absolute Gasteiger partial charge is 0.287 e. The molecule has 0 atom stereocenters. The summed E-state index contributed by atoms with van der Waals surface area (Å²) in [4.78, 5) is 12.6. The fourth-order valence-electron chi connectivity index (χ4n) is 2.40. The third-order valence-electron chi connectivity index (χ3n) is 4.41. The van der Waals surface area contributed by atoms with Gasteiger partial charge in [0.1, 0.15) is 0 Å². The third kappa shape index (κ3) is 5.33. The fraction of sp³-hybridized carbons (Fsp3) is 0.389. The number of hydrogen-bond acceptors (Lipinski definition) is 5. The summed E-state index contributed by atoms with van der Waals surface area (Å²) in [6, 6.07) is 9.63. The standard InChI is InChI=1S/C18H24N2O4S.ClH/c1-3-18(19,4-2)13-20-17(21)16-14(10-11-24-16)12-25(22,23)15-8-6-5-7-9-15;/h5-11H,3-4,12-13,19H2,1-2H3,(H,20,21);1H. The maximum absolute atomic E-state index is 12.5. The third-order valence-corrected chi connectivity index (χ3v) is 6.09. The number of furan rings is 1. The number of sulfone groups is 1. The van der Waals surface area contributed by atoms with Crippen molar-refractivity contribution in [3.8, 4) is 0 Å². The number of carbonyl (C=O) groups is 1. The summed E-state index contributed by atoms with van der Waals surface area (Å²) in [5, 5.41) is 2.74. The predicted molar refractivity (Wildman–Crippen MR) is 103 cm³/mol. The molecule has 0 saturated heterocycles. The van der Waals surface area contributed by atoms with E-state index in [0.29, 0.717) is 12.1 Å². The van der Waals surface area contributed by atoms with Gasteiger partial charge in [-0.3, -0.25) is 4.79 Å². The van der Waals surface area contributed by atoms with Crippen LogP contribution in [-0.2, 0) is 15.6 Å². The molecule has 0 aliphatic heterocycles. The molecule has 144 valence electrons. The molecule has 0 radical (unpaired) electrons. The van der Waals surface area contributed by atoms with Crippen molar-refractivity contribution < 1.29 is 17.6 Å². The lowest BCUT2D eigenvalue weighted by atomic mass is 9.94. The van der Waals surface area contributed by atoms with Gasteiger partial charge in [-0.2, -0.15) is 0 Å². The van der Waals surface area contributed by atoms with Gasteiger partial charge in [-0.05, 0) is 31.0 Å². The number of nitrogens with two attached hydrogens (primary N) is 1. The first-order valence-electron chi connectivity index (χ1n) is 8.22. The van der Waals surface area contributed by atoms with Gasteiger partial charge in [-0.25, -0.2) is 8.42 Å². The van der Waals surface area contributed by atoms with E-state index >= 15 is 0 Å². The van der Waals surface area contributed by atoms with Gasteiger partial charge in [-0.1, -0.05) is 32.0 Å². The maximum atomic E-state index is 12.5. The van der Waals surface area contributed by atoms with E-state index < -0.39 is 21.3 Å². The van der Waals surface area contributed by atoms with E-state index in [4.69, 9.17) is 10.2 Å². The van der Waals surface area contributed by atoms with Crippen molar-refractivity contribution in [1.29, 1.82) is 0 Å². The second-order valence-corrected chi connectivity index (χ2v) is 8.09. The summed E-state index contributed by atoms with van der Waals surface area (Å²) in [5.41, 5.74) is 6.02. The lowest BCUT2D eigenvalue weighted by Gasteiger charge is -2.26. The molecule has 3 N–H and O–H groups in total. The van der Waals surface area contributed by atoms with E-state index in [0.717, 1.165) is 12.8 Å². The first kappa shape index (κ1) is 22.2. The Kier molecular flexibility index (Phi) is 7.87. The highest BCUT2D eigenvalue weighted by Crippen LogP contribution is 2.20. The number of hydrogen-bond donors (Lipinski definition) is 2. The lowest BCUT2D eigenvalue weighted by molar-refractivity contribution is 0.0913. The van der Waals surface area contributed by atoms with Gasteiger partial charge < -0.3 is 15.5 Å². The van der Waals surface area contributed by atoms with Crippen LogP contribution in [0, 0.1) is 0 Å².